The van der Waals surface area contributed by atoms with Crippen molar-refractivity contribution >= 4 is 23.5 Å². The number of nitrogens with two attached hydrogens (primary N) is 2. The van der Waals surface area contributed by atoms with Gasteiger partial charge in [-0.15, -0.1) is 0 Å². The van der Waals surface area contributed by atoms with Gasteiger partial charge in [0.1, 0.15) is 11.8 Å². The molecule has 0 saturated heterocycles. The third kappa shape index (κ3) is 14.3. The molecule has 1 aromatic carbocycles. The van der Waals surface area contributed by atoms with Crippen molar-refractivity contribution in [3.63, 3.8) is 0 Å². The molecule has 0 bridgehead atoms. The molecule has 2 atom stereocenters. The Bertz CT molecular complexity index is 986. The molecule has 0 amide bonds. The number of carboxylic acids is 1. The molecule has 1 aliphatic rings. The largest absolute Gasteiger partial charge is 0.480 e. The Labute approximate surface area is 235 Å². The van der Waals surface area contributed by atoms with E-state index < -0.39 is 12.0 Å². The van der Waals surface area contributed by atoms with E-state index in [1.807, 2.05) is 74.7 Å². The molecule has 9 heteroatoms. The summed E-state index contributed by atoms with van der Waals surface area (Å²) in [7, 11) is 1.57. The van der Waals surface area contributed by atoms with Crippen LogP contribution >= 0.6 is 0 Å². The first-order valence-electron chi connectivity index (χ1n) is 13.9. The fraction of sp³-hybridized carbons (Fsp3) is 0.533. The molecule has 2 heterocycles. The highest BCUT2D eigenvalue weighted by Crippen LogP contribution is 2.26. The molecule has 0 saturated carbocycles. The number of aliphatic imine (C=N–C) groups is 1. The van der Waals surface area contributed by atoms with Crippen molar-refractivity contribution in [1.82, 2.24) is 9.88 Å². The van der Waals surface area contributed by atoms with Gasteiger partial charge in [0.25, 0.3) is 0 Å². The number of carbonyl (C=O) groups excluding carboxylic acids is 2. The van der Waals surface area contributed by atoms with Crippen LogP contribution in [0.1, 0.15) is 89.5 Å². The number of hydrogen-bond acceptors (Lipinski definition) is 5. The van der Waals surface area contributed by atoms with Crippen LogP contribution < -0.4 is 16.8 Å². The van der Waals surface area contributed by atoms with Gasteiger partial charge in [0, 0.05) is 37.3 Å². The summed E-state index contributed by atoms with van der Waals surface area (Å²) in [6.07, 6.45) is 3.08. The van der Waals surface area contributed by atoms with Gasteiger partial charge in [-0.05, 0) is 38.3 Å². The smallest absolute Gasteiger partial charge is 0.320 e. The molecule has 0 aliphatic carbocycles. The number of ketones is 2. The first-order valence-corrected chi connectivity index (χ1v) is 13.9. The van der Waals surface area contributed by atoms with Gasteiger partial charge in [-0.1, -0.05) is 78.3 Å². The Kier molecular flexibility index (Phi) is 21.8. The van der Waals surface area contributed by atoms with Crippen LogP contribution in [0, 0.1) is 5.92 Å². The maximum Gasteiger partial charge on any atom is 0.320 e. The minimum atomic E-state index is -0.975. The standard InChI is InChI=1S/C16H15NO2.C7H16N4O2.C3H8.2C2H6/c1-11(18)13-9-14-7-8-15(17(14)10-13)16(19)12-5-3-2-4-6-12;1-10-7(9)11-4-2-3-5(8)6(12)13;1-3-2;2*1-2/h2-8,13H,9-10H2,1H3;5H,2-4,8H2,1H3,(H,12,13)(H3,9,10,11);3H2,1-2H3;2*1-2H3/t;5-;;;/m.0.../s1. The molecule has 220 valence electrons. The molecule has 1 aliphatic heterocycles. The normalized spacial score (nSPS) is 13.8. The second-order valence-electron chi connectivity index (χ2n) is 8.36. The number of benzene rings is 1. The molecule has 0 fully saturated rings. The molecule has 1 aromatic heterocycles. The molecule has 2 aromatic rings. The Hall–Kier alpha value is -3.46. The van der Waals surface area contributed by atoms with Crippen molar-refractivity contribution in [2.45, 2.75) is 86.7 Å². The highest BCUT2D eigenvalue weighted by atomic mass is 16.4. The first-order chi connectivity index (χ1) is 18.7. The predicted octanol–water partition coefficient (Wildman–Crippen LogP) is 4.66. The number of guanidine groups is 1. The maximum atomic E-state index is 12.4. The van der Waals surface area contributed by atoms with E-state index in [9.17, 15) is 14.4 Å². The number of nitrogens with one attached hydrogen (secondary N) is 1. The monoisotopic (exact) mass is 545 g/mol. The van der Waals surface area contributed by atoms with Crippen LogP contribution in [0.25, 0.3) is 0 Å². The SMILES string of the molecule is CC.CC.CC(=O)C1Cc2ccc(C(=O)c3ccccc3)n2C1.CCC.CN=C(N)NCCC[C@H](N)C(=O)O. The minimum Gasteiger partial charge on any atom is -0.480 e. The summed E-state index contributed by atoms with van der Waals surface area (Å²) >= 11 is 0. The number of rotatable bonds is 8. The summed E-state index contributed by atoms with van der Waals surface area (Å²) in [5.74, 6) is -0.377. The van der Waals surface area contributed by atoms with E-state index in [0.717, 1.165) is 12.1 Å². The van der Waals surface area contributed by atoms with E-state index in [-0.39, 0.29) is 17.5 Å². The molecule has 3 rings (SSSR count). The van der Waals surface area contributed by atoms with Crippen molar-refractivity contribution < 1.29 is 19.5 Å². The summed E-state index contributed by atoms with van der Waals surface area (Å²) < 4.78 is 1.99. The zero-order chi connectivity index (χ0) is 30.4. The Balaban J connectivity index is 0. The van der Waals surface area contributed by atoms with Crippen LogP contribution in [0.5, 0.6) is 0 Å². The number of Topliss-reactive ketones (excluding diaryl/α,β-unsaturated/α-hetero) is 1. The lowest BCUT2D eigenvalue weighted by Gasteiger charge is -2.07. The number of aliphatic carboxylic acids is 1. The topological polar surface area (TPSA) is 153 Å². The minimum absolute atomic E-state index is 0.0241. The fourth-order valence-corrected chi connectivity index (χ4v) is 3.39. The van der Waals surface area contributed by atoms with Crippen molar-refractivity contribution in [3.8, 4) is 0 Å². The van der Waals surface area contributed by atoms with Crippen molar-refractivity contribution in [3.05, 3.63) is 59.4 Å². The van der Waals surface area contributed by atoms with Crippen LogP contribution in [0.2, 0.25) is 0 Å². The quantitative estimate of drug-likeness (QED) is 0.163. The second kappa shape index (κ2) is 22.5. The fourth-order valence-electron chi connectivity index (χ4n) is 3.39. The van der Waals surface area contributed by atoms with Gasteiger partial charge in [0.15, 0.2) is 5.96 Å². The van der Waals surface area contributed by atoms with Crippen molar-refractivity contribution in [2.75, 3.05) is 13.6 Å². The molecular formula is C30H51N5O4. The number of nitrogens with zero attached hydrogens (tertiary/aromatic N) is 2. The highest BCUT2D eigenvalue weighted by Gasteiger charge is 2.28. The molecule has 6 N–H and O–H groups in total. The van der Waals surface area contributed by atoms with E-state index in [1.54, 1.807) is 14.0 Å². The lowest BCUT2D eigenvalue weighted by molar-refractivity contribution is -0.138. The Morgan fingerprint density at radius 2 is 1.64 bits per heavy atom. The van der Waals surface area contributed by atoms with Gasteiger partial charge in [-0.3, -0.25) is 19.4 Å². The molecule has 0 spiro atoms. The lowest BCUT2D eigenvalue weighted by atomic mass is 10.0. The average molecular weight is 546 g/mol. The van der Waals surface area contributed by atoms with E-state index >= 15 is 0 Å². The molecule has 0 radical (unpaired) electrons. The van der Waals surface area contributed by atoms with Crippen LogP contribution in [0.15, 0.2) is 47.5 Å². The van der Waals surface area contributed by atoms with Crippen molar-refractivity contribution in [2.24, 2.45) is 22.4 Å². The second-order valence-corrected chi connectivity index (χ2v) is 8.36. The van der Waals surface area contributed by atoms with Gasteiger partial charge in [0.2, 0.25) is 5.78 Å². The summed E-state index contributed by atoms with van der Waals surface area (Å²) in [6, 6.07) is 12.3. The van der Waals surface area contributed by atoms with Crippen LogP contribution in [0.3, 0.4) is 0 Å². The van der Waals surface area contributed by atoms with E-state index in [0.29, 0.717) is 43.1 Å². The summed E-state index contributed by atoms with van der Waals surface area (Å²) in [5.41, 5.74) is 13.1. The average Bonchev–Trinajstić information content (AvgIpc) is 3.55. The Morgan fingerprint density at radius 1 is 1.08 bits per heavy atom. The molecule has 1 unspecified atom stereocenters. The van der Waals surface area contributed by atoms with Crippen molar-refractivity contribution in [1.29, 1.82) is 0 Å². The van der Waals surface area contributed by atoms with Crippen LogP contribution in [-0.2, 0) is 22.6 Å². The number of hydrogen-bond donors (Lipinski definition) is 4. The number of aromatic nitrogens is 1. The van der Waals surface area contributed by atoms with Crippen LogP contribution in [-0.4, -0.2) is 52.8 Å². The molecule has 9 nitrogen and oxygen atoms in total. The highest BCUT2D eigenvalue weighted by molar-refractivity contribution is 6.08. The third-order valence-electron chi connectivity index (χ3n) is 5.33. The zero-order valence-electron chi connectivity index (χ0n) is 25.2. The maximum absolute atomic E-state index is 12.4. The van der Waals surface area contributed by atoms with Gasteiger partial charge in [0.05, 0.1) is 5.69 Å². The predicted molar refractivity (Wildman–Crippen MR) is 161 cm³/mol. The van der Waals surface area contributed by atoms with Crippen LogP contribution in [0.4, 0.5) is 0 Å². The first kappa shape index (κ1) is 37.7. The summed E-state index contributed by atoms with van der Waals surface area (Å²) in [5, 5.41) is 11.2. The Morgan fingerprint density at radius 3 is 2.13 bits per heavy atom. The lowest BCUT2D eigenvalue weighted by Crippen LogP contribution is -2.34. The molecular weight excluding hydrogens is 494 g/mol. The summed E-state index contributed by atoms with van der Waals surface area (Å²) in [4.78, 5) is 37.9. The van der Waals surface area contributed by atoms with Gasteiger partial charge in [-0.25, -0.2) is 0 Å². The van der Waals surface area contributed by atoms with E-state index in [2.05, 4.69) is 24.2 Å². The number of fused-ring (bicyclic) bond motifs is 1. The zero-order valence-corrected chi connectivity index (χ0v) is 25.2. The van der Waals surface area contributed by atoms with Gasteiger partial charge >= 0.3 is 5.97 Å². The van der Waals surface area contributed by atoms with Gasteiger partial charge < -0.3 is 26.5 Å². The number of carboxylic acid groups (broad SMARTS) is 1. The third-order valence-corrected chi connectivity index (χ3v) is 5.33. The van der Waals surface area contributed by atoms with E-state index in [4.69, 9.17) is 16.6 Å². The number of carbonyl (C=O) groups is 3. The summed E-state index contributed by atoms with van der Waals surface area (Å²) in [6.45, 7) is 15.1. The van der Waals surface area contributed by atoms with E-state index in [1.165, 1.54) is 6.42 Å². The molecule has 39 heavy (non-hydrogen) atoms. The van der Waals surface area contributed by atoms with Gasteiger partial charge in [-0.2, -0.15) is 0 Å².